The van der Waals surface area contributed by atoms with E-state index < -0.39 is 17.1 Å². The minimum Gasteiger partial charge on any atom is -0.391 e. The molecule has 0 spiro atoms. The molecular formula is C23H48O4Si2. The van der Waals surface area contributed by atoms with E-state index in [1.165, 1.54) is 0 Å². The Kier molecular flexibility index (Phi) is 18.4. The van der Waals surface area contributed by atoms with Crippen molar-refractivity contribution in [2.45, 2.75) is 98.6 Å². The van der Waals surface area contributed by atoms with E-state index in [0.717, 1.165) is 83.5 Å². The van der Waals surface area contributed by atoms with Crippen LogP contribution in [0.5, 0.6) is 0 Å². The number of unbranched alkanes of at least 4 members (excludes halogenated alkanes) is 4. The third kappa shape index (κ3) is 12.9. The van der Waals surface area contributed by atoms with Crippen molar-refractivity contribution in [3.05, 3.63) is 23.6 Å². The lowest BCUT2D eigenvalue weighted by Crippen LogP contribution is -2.54. The van der Waals surface area contributed by atoms with Crippen molar-refractivity contribution in [1.82, 2.24) is 0 Å². The van der Waals surface area contributed by atoms with Gasteiger partial charge in [-0.05, 0) is 50.9 Å². The second kappa shape index (κ2) is 18.5. The normalized spacial score (nSPS) is 13.2. The molecule has 0 fully saturated rings. The van der Waals surface area contributed by atoms with Crippen LogP contribution in [0.1, 0.15) is 92.9 Å². The van der Waals surface area contributed by atoms with Crippen LogP contribution in [0.4, 0.5) is 0 Å². The molecule has 0 N–H and O–H groups in total. The van der Waals surface area contributed by atoms with Crippen LogP contribution in [0.25, 0.3) is 0 Å². The molecule has 172 valence electrons. The van der Waals surface area contributed by atoms with Gasteiger partial charge in [-0.3, -0.25) is 0 Å². The van der Waals surface area contributed by atoms with Crippen molar-refractivity contribution in [2.24, 2.45) is 0 Å². The number of hydrogen-bond donors (Lipinski definition) is 0. The molecule has 0 aliphatic rings. The number of rotatable bonds is 20. The third-order valence-electron chi connectivity index (χ3n) is 4.71. The van der Waals surface area contributed by atoms with Crippen LogP contribution in [-0.4, -0.2) is 43.5 Å². The van der Waals surface area contributed by atoms with Gasteiger partial charge in [0, 0.05) is 32.1 Å². The fourth-order valence-corrected chi connectivity index (χ4v) is 11.9. The lowest BCUT2D eigenvalue weighted by atomic mass is 10.4. The van der Waals surface area contributed by atoms with Crippen LogP contribution in [0.2, 0.25) is 5.67 Å². The third-order valence-corrected chi connectivity index (χ3v) is 13.1. The van der Waals surface area contributed by atoms with Gasteiger partial charge in [0.05, 0.1) is 0 Å². The van der Waals surface area contributed by atoms with Gasteiger partial charge in [0.2, 0.25) is 0 Å². The highest BCUT2D eigenvalue weighted by Crippen LogP contribution is 2.28. The van der Waals surface area contributed by atoms with E-state index in [1.54, 1.807) is 0 Å². The Balaban J connectivity index is 5.76. The number of allylic oxidation sites excluding steroid dienone is 2. The van der Waals surface area contributed by atoms with E-state index >= 15 is 0 Å². The number of hydrogen-bond acceptors (Lipinski definition) is 4. The largest absolute Gasteiger partial charge is 0.391 e. The molecule has 0 radical (unpaired) electrons. The van der Waals surface area contributed by atoms with Gasteiger partial charge in [-0.15, -0.1) is 0 Å². The highest BCUT2D eigenvalue weighted by atomic mass is 28.4. The Morgan fingerprint density at radius 1 is 0.517 bits per heavy atom. The Bertz CT molecular complexity index is 369. The first-order chi connectivity index (χ1) is 14.1. The van der Waals surface area contributed by atoms with Crippen LogP contribution in [-0.2, 0) is 17.7 Å². The molecule has 0 amide bonds. The van der Waals surface area contributed by atoms with Gasteiger partial charge < -0.3 is 17.7 Å². The first kappa shape index (κ1) is 28.8. The van der Waals surface area contributed by atoms with Gasteiger partial charge in [-0.25, -0.2) is 0 Å². The predicted molar refractivity (Wildman–Crippen MR) is 129 cm³/mol. The van der Waals surface area contributed by atoms with Gasteiger partial charge in [-0.1, -0.05) is 65.5 Å². The van der Waals surface area contributed by atoms with Crippen LogP contribution >= 0.6 is 0 Å². The second-order valence-electron chi connectivity index (χ2n) is 7.61. The Hall–Kier alpha value is -0.246. The summed E-state index contributed by atoms with van der Waals surface area (Å²) < 4.78 is 26.2. The summed E-state index contributed by atoms with van der Waals surface area (Å²) in [5.41, 5.74) is 5.17. The van der Waals surface area contributed by atoms with Crippen LogP contribution in [0, 0.1) is 0 Å². The molecule has 0 bridgehead atoms. The van der Waals surface area contributed by atoms with Crippen molar-refractivity contribution in [2.75, 3.05) is 26.4 Å². The highest BCUT2D eigenvalue weighted by molar-refractivity contribution is 6.90. The Labute approximate surface area is 183 Å². The molecule has 6 heteroatoms. The molecule has 0 aliphatic carbocycles. The van der Waals surface area contributed by atoms with Crippen molar-refractivity contribution >= 4 is 17.1 Å². The average molecular weight is 445 g/mol. The van der Waals surface area contributed by atoms with Gasteiger partial charge >= 0.3 is 17.1 Å². The standard InChI is InChI=1S/C23H48O4Si2/c1-7-13-17-24-28(21-11-5,25-18-14-8-2)23-29(22-12-6,26-19-15-9-3)27-20-16-10-4/h11-12,21-22H,7-10,13-20,23H2,1-6H3. The van der Waals surface area contributed by atoms with Gasteiger partial charge in [0.1, 0.15) is 0 Å². The monoisotopic (exact) mass is 444 g/mol. The molecule has 0 aromatic carbocycles. The van der Waals surface area contributed by atoms with Crippen LogP contribution in [0.15, 0.2) is 23.6 Å². The molecule has 0 aromatic heterocycles. The molecule has 0 atom stereocenters. The minimum absolute atomic E-state index is 0.740. The molecule has 4 nitrogen and oxygen atoms in total. The van der Waals surface area contributed by atoms with E-state index in [2.05, 4.69) is 65.1 Å². The van der Waals surface area contributed by atoms with Crippen molar-refractivity contribution in [3.63, 3.8) is 0 Å². The summed E-state index contributed by atoms with van der Waals surface area (Å²) in [7, 11) is -5.17. The van der Waals surface area contributed by atoms with Crippen molar-refractivity contribution < 1.29 is 17.7 Å². The molecule has 0 unspecified atom stereocenters. The van der Waals surface area contributed by atoms with E-state index in [1.807, 2.05) is 0 Å². The smallest absolute Gasteiger partial charge is 0.367 e. The second-order valence-corrected chi connectivity index (χ2v) is 14.1. The van der Waals surface area contributed by atoms with Gasteiger partial charge in [0.25, 0.3) is 0 Å². The lowest BCUT2D eigenvalue weighted by Gasteiger charge is -2.36. The average Bonchev–Trinajstić information content (AvgIpc) is 2.69. The fraction of sp³-hybridized carbons (Fsp3) is 0.826. The minimum atomic E-state index is -2.58. The maximum atomic E-state index is 6.54. The maximum Gasteiger partial charge on any atom is 0.367 e. The highest BCUT2D eigenvalue weighted by Gasteiger charge is 2.49. The Morgan fingerprint density at radius 2 is 0.793 bits per heavy atom. The molecule has 0 rings (SSSR count). The zero-order chi connectivity index (χ0) is 21.8. The van der Waals surface area contributed by atoms with E-state index in [0.29, 0.717) is 0 Å². The summed E-state index contributed by atoms with van der Waals surface area (Å²) in [5.74, 6) is 0. The summed E-state index contributed by atoms with van der Waals surface area (Å²) in [5, 5.41) is 0. The molecular weight excluding hydrogens is 396 g/mol. The quantitative estimate of drug-likeness (QED) is 0.151. The first-order valence-electron chi connectivity index (χ1n) is 11.9. The SMILES string of the molecule is CC=C[Si](C[Si](C=CC)(OCCCC)OCCCC)(OCCCC)OCCCC. The first-order valence-corrected chi connectivity index (χ1v) is 16.1. The van der Waals surface area contributed by atoms with Gasteiger partial charge in [-0.2, -0.15) is 0 Å². The maximum absolute atomic E-state index is 6.54. The van der Waals surface area contributed by atoms with Crippen LogP contribution in [0.3, 0.4) is 0 Å². The molecule has 0 saturated carbocycles. The zero-order valence-electron chi connectivity index (χ0n) is 20.1. The molecule has 0 heterocycles. The summed E-state index contributed by atoms with van der Waals surface area (Å²) >= 11 is 0. The molecule has 0 aromatic rings. The van der Waals surface area contributed by atoms with Crippen LogP contribution < -0.4 is 0 Å². The van der Waals surface area contributed by atoms with Crippen molar-refractivity contribution in [3.8, 4) is 0 Å². The predicted octanol–water partition coefficient (Wildman–Crippen LogP) is 6.91. The topological polar surface area (TPSA) is 36.9 Å². The summed E-state index contributed by atoms with van der Waals surface area (Å²) in [6.45, 7) is 15.9. The van der Waals surface area contributed by atoms with E-state index in [9.17, 15) is 0 Å². The summed E-state index contributed by atoms with van der Waals surface area (Å²) in [4.78, 5) is 0. The summed E-state index contributed by atoms with van der Waals surface area (Å²) in [6, 6.07) is 0. The van der Waals surface area contributed by atoms with Gasteiger partial charge in [0.15, 0.2) is 0 Å². The van der Waals surface area contributed by atoms with E-state index in [-0.39, 0.29) is 0 Å². The zero-order valence-corrected chi connectivity index (χ0v) is 22.1. The molecule has 0 saturated heterocycles. The molecule has 29 heavy (non-hydrogen) atoms. The fourth-order valence-electron chi connectivity index (χ4n) is 3.01. The van der Waals surface area contributed by atoms with Crippen molar-refractivity contribution in [1.29, 1.82) is 0 Å². The summed E-state index contributed by atoms with van der Waals surface area (Å²) in [6.07, 6.45) is 12.9. The lowest BCUT2D eigenvalue weighted by molar-refractivity contribution is 0.155. The molecule has 0 aliphatic heterocycles. The Morgan fingerprint density at radius 3 is 1.00 bits per heavy atom. The van der Waals surface area contributed by atoms with E-state index in [4.69, 9.17) is 17.7 Å².